The van der Waals surface area contributed by atoms with E-state index in [0.29, 0.717) is 6.54 Å². The average Bonchev–Trinajstić information content (AvgIpc) is 2.89. The summed E-state index contributed by atoms with van der Waals surface area (Å²) in [5, 5.41) is 10.2. The van der Waals surface area contributed by atoms with Crippen LogP contribution in [0.1, 0.15) is 11.9 Å². The highest BCUT2D eigenvalue weighted by atomic mass is 32.2. The third-order valence-electron chi connectivity index (χ3n) is 2.15. The SMILES string of the molecule is CCNc1cc(NCc2nccs2)nc(SC)n1. The number of thioether (sulfide) groups is 1. The van der Waals surface area contributed by atoms with Gasteiger partial charge in [-0.05, 0) is 13.2 Å². The van der Waals surface area contributed by atoms with Gasteiger partial charge in [0.05, 0.1) is 6.54 Å². The van der Waals surface area contributed by atoms with E-state index < -0.39 is 0 Å². The van der Waals surface area contributed by atoms with Crippen LogP contribution in [-0.2, 0) is 6.54 Å². The van der Waals surface area contributed by atoms with Gasteiger partial charge in [0.15, 0.2) is 5.16 Å². The first kappa shape index (κ1) is 13.1. The van der Waals surface area contributed by atoms with Crippen molar-refractivity contribution in [3.05, 3.63) is 22.7 Å². The fourth-order valence-corrected chi connectivity index (χ4v) is 2.32. The Balaban J connectivity index is 2.08. The molecule has 0 radical (unpaired) electrons. The van der Waals surface area contributed by atoms with Crippen LogP contribution in [0.4, 0.5) is 11.6 Å². The molecule has 0 spiro atoms. The number of aromatic nitrogens is 3. The van der Waals surface area contributed by atoms with Crippen LogP contribution in [0, 0.1) is 0 Å². The molecule has 96 valence electrons. The van der Waals surface area contributed by atoms with E-state index >= 15 is 0 Å². The highest BCUT2D eigenvalue weighted by molar-refractivity contribution is 7.98. The molecule has 0 atom stereocenters. The van der Waals surface area contributed by atoms with Crippen LogP contribution in [0.25, 0.3) is 0 Å². The minimum atomic E-state index is 0.689. The molecular formula is C11H15N5S2. The van der Waals surface area contributed by atoms with Gasteiger partial charge in [0.25, 0.3) is 0 Å². The second-order valence-corrected chi connectivity index (χ2v) is 5.19. The summed E-state index contributed by atoms with van der Waals surface area (Å²) in [6, 6.07) is 1.91. The van der Waals surface area contributed by atoms with Crippen molar-refractivity contribution < 1.29 is 0 Å². The lowest BCUT2D eigenvalue weighted by Gasteiger charge is -2.08. The van der Waals surface area contributed by atoms with E-state index in [9.17, 15) is 0 Å². The van der Waals surface area contributed by atoms with Crippen molar-refractivity contribution in [1.82, 2.24) is 15.0 Å². The van der Waals surface area contributed by atoms with Gasteiger partial charge in [0.2, 0.25) is 0 Å². The van der Waals surface area contributed by atoms with E-state index in [1.807, 2.05) is 24.6 Å². The lowest BCUT2D eigenvalue weighted by atomic mass is 10.5. The minimum absolute atomic E-state index is 0.689. The third-order valence-corrected chi connectivity index (χ3v) is 3.48. The molecule has 2 N–H and O–H groups in total. The molecule has 0 fully saturated rings. The van der Waals surface area contributed by atoms with Gasteiger partial charge >= 0.3 is 0 Å². The van der Waals surface area contributed by atoms with Gasteiger partial charge in [-0.25, -0.2) is 15.0 Å². The molecule has 2 heterocycles. The minimum Gasteiger partial charge on any atom is -0.370 e. The van der Waals surface area contributed by atoms with Crippen LogP contribution < -0.4 is 10.6 Å². The summed E-state index contributed by atoms with van der Waals surface area (Å²) in [5.74, 6) is 1.67. The summed E-state index contributed by atoms with van der Waals surface area (Å²) in [7, 11) is 0. The second-order valence-electron chi connectivity index (χ2n) is 3.43. The number of thiazole rings is 1. The summed E-state index contributed by atoms with van der Waals surface area (Å²) in [6.45, 7) is 3.58. The fourth-order valence-electron chi connectivity index (χ4n) is 1.39. The topological polar surface area (TPSA) is 62.7 Å². The second kappa shape index (κ2) is 6.55. The molecule has 5 nitrogen and oxygen atoms in total. The van der Waals surface area contributed by atoms with Crippen LogP contribution in [0.3, 0.4) is 0 Å². The van der Waals surface area contributed by atoms with Crippen LogP contribution in [0.2, 0.25) is 0 Å². The number of hydrogen-bond acceptors (Lipinski definition) is 7. The van der Waals surface area contributed by atoms with E-state index in [2.05, 4.69) is 25.6 Å². The van der Waals surface area contributed by atoms with Crippen molar-refractivity contribution in [1.29, 1.82) is 0 Å². The van der Waals surface area contributed by atoms with Gasteiger partial charge in [-0.15, -0.1) is 11.3 Å². The maximum absolute atomic E-state index is 4.41. The predicted octanol–water partition coefficient (Wildman–Crippen LogP) is 2.70. The summed E-state index contributed by atoms with van der Waals surface area (Å²) in [4.78, 5) is 13.0. The molecule has 0 unspecified atom stereocenters. The number of nitrogens with one attached hydrogen (secondary N) is 2. The third kappa shape index (κ3) is 3.58. The summed E-state index contributed by atoms with van der Waals surface area (Å²) in [5.41, 5.74) is 0. The van der Waals surface area contributed by atoms with Crippen LogP contribution in [0.5, 0.6) is 0 Å². The Hall–Kier alpha value is -1.34. The van der Waals surface area contributed by atoms with Gasteiger partial charge in [0.1, 0.15) is 16.6 Å². The smallest absolute Gasteiger partial charge is 0.191 e. The van der Waals surface area contributed by atoms with Crippen molar-refractivity contribution >= 4 is 34.7 Å². The Kier molecular flexibility index (Phi) is 4.77. The summed E-state index contributed by atoms with van der Waals surface area (Å²) >= 11 is 3.16. The van der Waals surface area contributed by atoms with Gasteiger partial charge in [-0.2, -0.15) is 0 Å². The number of nitrogens with zero attached hydrogens (tertiary/aromatic N) is 3. The van der Waals surface area contributed by atoms with Crippen molar-refractivity contribution in [3.63, 3.8) is 0 Å². The van der Waals surface area contributed by atoms with Crippen molar-refractivity contribution in [2.75, 3.05) is 23.4 Å². The molecule has 2 aromatic heterocycles. The van der Waals surface area contributed by atoms with E-state index in [4.69, 9.17) is 0 Å². The fraction of sp³-hybridized carbons (Fsp3) is 0.364. The highest BCUT2D eigenvalue weighted by Crippen LogP contribution is 2.18. The zero-order chi connectivity index (χ0) is 12.8. The molecule has 0 aromatic carbocycles. The summed E-state index contributed by atoms with van der Waals surface area (Å²) in [6.07, 6.45) is 3.77. The van der Waals surface area contributed by atoms with E-state index in [1.165, 1.54) is 11.8 Å². The molecule has 0 saturated carbocycles. The first-order chi connectivity index (χ1) is 8.81. The molecule has 0 aliphatic carbocycles. The monoisotopic (exact) mass is 281 g/mol. The predicted molar refractivity (Wildman–Crippen MR) is 77.4 cm³/mol. The van der Waals surface area contributed by atoms with Gasteiger partial charge in [-0.3, -0.25) is 0 Å². The average molecular weight is 281 g/mol. The molecule has 0 aliphatic rings. The quantitative estimate of drug-likeness (QED) is 0.627. The van der Waals surface area contributed by atoms with E-state index in [1.54, 1.807) is 17.5 Å². The van der Waals surface area contributed by atoms with Gasteiger partial charge < -0.3 is 10.6 Å². The lowest BCUT2D eigenvalue weighted by Crippen LogP contribution is -2.06. The zero-order valence-electron chi connectivity index (χ0n) is 10.3. The van der Waals surface area contributed by atoms with Crippen LogP contribution >= 0.6 is 23.1 Å². The Morgan fingerprint density at radius 1 is 1.28 bits per heavy atom. The maximum Gasteiger partial charge on any atom is 0.191 e. The molecule has 2 aromatic rings. The Labute approximate surface area is 114 Å². The summed E-state index contributed by atoms with van der Waals surface area (Å²) < 4.78 is 0. The zero-order valence-corrected chi connectivity index (χ0v) is 11.9. The Morgan fingerprint density at radius 3 is 2.67 bits per heavy atom. The molecular weight excluding hydrogens is 266 g/mol. The van der Waals surface area contributed by atoms with Gasteiger partial charge in [0, 0.05) is 24.2 Å². The van der Waals surface area contributed by atoms with E-state index in [0.717, 1.165) is 28.3 Å². The van der Waals surface area contributed by atoms with Crippen molar-refractivity contribution in [2.45, 2.75) is 18.6 Å². The molecule has 7 heteroatoms. The number of hydrogen-bond donors (Lipinski definition) is 2. The first-order valence-corrected chi connectivity index (χ1v) is 7.71. The molecule has 0 bridgehead atoms. The first-order valence-electron chi connectivity index (χ1n) is 5.61. The molecule has 2 rings (SSSR count). The van der Waals surface area contributed by atoms with Crippen molar-refractivity contribution in [3.8, 4) is 0 Å². The lowest BCUT2D eigenvalue weighted by molar-refractivity contribution is 0.947. The molecule has 18 heavy (non-hydrogen) atoms. The standard InChI is InChI=1S/C11H15N5S2/c1-3-12-8-6-9(16-11(15-8)17-2)14-7-10-13-4-5-18-10/h4-6H,3,7H2,1-2H3,(H2,12,14,15,16). The van der Waals surface area contributed by atoms with Crippen LogP contribution in [0.15, 0.2) is 22.8 Å². The number of rotatable bonds is 6. The van der Waals surface area contributed by atoms with Crippen molar-refractivity contribution in [2.24, 2.45) is 0 Å². The normalized spacial score (nSPS) is 10.3. The van der Waals surface area contributed by atoms with Gasteiger partial charge in [-0.1, -0.05) is 11.8 Å². The van der Waals surface area contributed by atoms with E-state index in [-0.39, 0.29) is 0 Å². The number of anilines is 2. The molecule has 0 aliphatic heterocycles. The largest absolute Gasteiger partial charge is 0.370 e. The molecule has 0 amide bonds. The molecule has 0 saturated heterocycles. The Morgan fingerprint density at radius 2 is 2.06 bits per heavy atom. The Bertz CT molecular complexity index is 486. The highest BCUT2D eigenvalue weighted by Gasteiger charge is 2.04. The van der Waals surface area contributed by atoms with Crippen LogP contribution in [-0.4, -0.2) is 27.8 Å². The maximum atomic E-state index is 4.41.